The van der Waals surface area contributed by atoms with E-state index in [0.29, 0.717) is 24.5 Å². The molecule has 0 N–H and O–H groups in total. The van der Waals surface area contributed by atoms with E-state index in [1.54, 1.807) is 0 Å². The lowest BCUT2D eigenvalue weighted by atomic mass is 9.71. The molecular formula is C39H52O4. The predicted octanol–water partition coefficient (Wildman–Crippen LogP) is 9.12. The number of carbonyl (C=O) groups excluding carboxylic acids is 4. The first-order chi connectivity index (χ1) is 20.6. The second kappa shape index (κ2) is 15.2. The number of Topliss-reactive ketones (excluding diaryl/α,β-unsaturated/α-hetero) is 4. The zero-order valence-electron chi connectivity index (χ0n) is 27.2. The van der Waals surface area contributed by atoms with Crippen molar-refractivity contribution >= 4 is 23.1 Å². The highest BCUT2D eigenvalue weighted by Crippen LogP contribution is 2.40. The highest BCUT2D eigenvalue weighted by Gasteiger charge is 2.34. The molecule has 0 heterocycles. The van der Waals surface area contributed by atoms with E-state index in [1.807, 2.05) is 13.8 Å². The van der Waals surface area contributed by atoms with Crippen molar-refractivity contribution in [2.75, 3.05) is 0 Å². The zero-order valence-corrected chi connectivity index (χ0v) is 27.2. The number of hydrogen-bond acceptors (Lipinski definition) is 4. The number of hydrogen-bond donors (Lipinski definition) is 0. The molecule has 2 aromatic carbocycles. The molecule has 0 bridgehead atoms. The number of ketones is 4. The van der Waals surface area contributed by atoms with Gasteiger partial charge in [-0.25, -0.2) is 0 Å². The molecule has 1 saturated carbocycles. The van der Waals surface area contributed by atoms with Gasteiger partial charge in [-0.3, -0.25) is 19.2 Å². The summed E-state index contributed by atoms with van der Waals surface area (Å²) in [4.78, 5) is 50.4. The maximum Gasteiger partial charge on any atom is 0.163 e. The van der Waals surface area contributed by atoms with Crippen molar-refractivity contribution in [1.29, 1.82) is 0 Å². The standard InChI is InChI=1S/C39H52O4/c1-6-9-32(33(7-2)37(42)20-26(5)40)22-29-23-35-34(19-10-25(4)39(35)38(43)24-29)30-15-11-27(12-16-30)21-28-13-17-31(18-14-28)36(41)8-3/h10-12,15-16,19,28-29,31-33H,6-9,13-14,17-18,20-24H2,1-5H3. The maximum absolute atomic E-state index is 13.6. The SMILES string of the molecule is CCCC(CC1CC(=O)c2c(C)ccc(-c3ccc(CC4CCC(C(=O)CC)CC4)cc3)c2C1)C(CC)C(=O)CC(C)=O. The molecule has 4 rings (SSSR count). The monoisotopic (exact) mass is 584 g/mol. The Bertz CT molecular complexity index is 1300. The number of carbonyl (C=O) groups is 4. The second-order valence-electron chi connectivity index (χ2n) is 13.6. The van der Waals surface area contributed by atoms with Crippen LogP contribution < -0.4 is 0 Å². The van der Waals surface area contributed by atoms with Gasteiger partial charge in [-0.15, -0.1) is 0 Å². The van der Waals surface area contributed by atoms with Crippen LogP contribution in [0.25, 0.3) is 11.1 Å². The molecule has 2 aromatic rings. The number of fused-ring (bicyclic) bond motifs is 1. The lowest BCUT2D eigenvalue weighted by Gasteiger charge is -2.32. The van der Waals surface area contributed by atoms with Crippen LogP contribution in [0.4, 0.5) is 0 Å². The van der Waals surface area contributed by atoms with Gasteiger partial charge in [0.2, 0.25) is 0 Å². The lowest BCUT2D eigenvalue weighted by Crippen LogP contribution is -2.30. The Balaban J connectivity index is 1.51. The van der Waals surface area contributed by atoms with Crippen LogP contribution in [-0.4, -0.2) is 23.1 Å². The molecule has 3 unspecified atom stereocenters. The topological polar surface area (TPSA) is 68.3 Å². The van der Waals surface area contributed by atoms with Crippen molar-refractivity contribution in [1.82, 2.24) is 0 Å². The smallest absolute Gasteiger partial charge is 0.163 e. The number of rotatable bonds is 14. The number of aryl methyl sites for hydroxylation is 1. The lowest BCUT2D eigenvalue weighted by molar-refractivity contribution is -0.130. The summed E-state index contributed by atoms with van der Waals surface area (Å²) in [6.07, 6.45) is 10.9. The molecule has 1 fully saturated rings. The summed E-state index contributed by atoms with van der Waals surface area (Å²) in [5.41, 5.74) is 6.74. The molecule has 0 aliphatic heterocycles. The van der Waals surface area contributed by atoms with Gasteiger partial charge in [-0.2, -0.15) is 0 Å². The maximum atomic E-state index is 13.6. The molecule has 2 aliphatic rings. The Morgan fingerprint density at radius 3 is 2.19 bits per heavy atom. The van der Waals surface area contributed by atoms with E-state index in [9.17, 15) is 19.2 Å². The van der Waals surface area contributed by atoms with Gasteiger partial charge < -0.3 is 0 Å². The quantitative estimate of drug-likeness (QED) is 0.208. The van der Waals surface area contributed by atoms with Crippen molar-refractivity contribution in [3.05, 3.63) is 58.7 Å². The molecule has 0 amide bonds. The summed E-state index contributed by atoms with van der Waals surface area (Å²) in [5.74, 6) is 1.84. The first-order valence-electron chi connectivity index (χ1n) is 16.9. The van der Waals surface area contributed by atoms with E-state index < -0.39 is 0 Å². The third-order valence-electron chi connectivity index (χ3n) is 10.3. The fourth-order valence-corrected chi connectivity index (χ4v) is 8.14. The summed E-state index contributed by atoms with van der Waals surface area (Å²) < 4.78 is 0. The van der Waals surface area contributed by atoms with Crippen LogP contribution in [-0.2, 0) is 27.2 Å². The predicted molar refractivity (Wildman–Crippen MR) is 174 cm³/mol. The fraction of sp³-hybridized carbons (Fsp3) is 0.590. The summed E-state index contributed by atoms with van der Waals surface area (Å²) in [6, 6.07) is 13.2. The molecule has 2 aliphatic carbocycles. The minimum Gasteiger partial charge on any atom is -0.300 e. The van der Waals surface area contributed by atoms with Crippen LogP contribution in [0.1, 0.15) is 125 Å². The summed E-state index contributed by atoms with van der Waals surface area (Å²) in [7, 11) is 0. The van der Waals surface area contributed by atoms with Crippen LogP contribution in [0.5, 0.6) is 0 Å². The number of benzene rings is 2. The van der Waals surface area contributed by atoms with E-state index in [2.05, 4.69) is 50.2 Å². The highest BCUT2D eigenvalue weighted by atomic mass is 16.1. The van der Waals surface area contributed by atoms with Gasteiger partial charge in [-0.05, 0) is 111 Å². The van der Waals surface area contributed by atoms with Crippen LogP contribution in [0, 0.1) is 36.5 Å². The van der Waals surface area contributed by atoms with E-state index in [1.165, 1.54) is 12.5 Å². The largest absolute Gasteiger partial charge is 0.300 e. The first kappa shape index (κ1) is 33.0. The Morgan fingerprint density at radius 1 is 0.884 bits per heavy atom. The molecule has 43 heavy (non-hydrogen) atoms. The highest BCUT2D eigenvalue weighted by molar-refractivity contribution is 6.02. The average Bonchev–Trinajstić information content (AvgIpc) is 2.98. The minimum atomic E-state index is -0.118. The Kier molecular flexibility index (Phi) is 11.7. The Labute approximate surface area is 259 Å². The van der Waals surface area contributed by atoms with E-state index in [-0.39, 0.29) is 47.4 Å². The third-order valence-corrected chi connectivity index (χ3v) is 10.3. The Morgan fingerprint density at radius 2 is 1.58 bits per heavy atom. The molecule has 4 nitrogen and oxygen atoms in total. The average molecular weight is 585 g/mol. The third kappa shape index (κ3) is 8.19. The normalized spacial score (nSPS) is 21.6. The van der Waals surface area contributed by atoms with Gasteiger partial charge in [-0.1, -0.05) is 70.0 Å². The second-order valence-corrected chi connectivity index (χ2v) is 13.6. The van der Waals surface area contributed by atoms with Crippen molar-refractivity contribution < 1.29 is 19.2 Å². The van der Waals surface area contributed by atoms with Gasteiger partial charge in [0, 0.05) is 30.2 Å². The minimum absolute atomic E-state index is 0.0181. The Hall–Kier alpha value is -2.88. The molecule has 232 valence electrons. The molecule has 3 atom stereocenters. The van der Waals surface area contributed by atoms with Crippen LogP contribution in [0.15, 0.2) is 36.4 Å². The fourth-order valence-electron chi connectivity index (χ4n) is 8.14. The van der Waals surface area contributed by atoms with Gasteiger partial charge in [0.15, 0.2) is 5.78 Å². The molecule has 0 aromatic heterocycles. The van der Waals surface area contributed by atoms with Crippen molar-refractivity contribution in [3.63, 3.8) is 0 Å². The van der Waals surface area contributed by atoms with Gasteiger partial charge in [0.1, 0.15) is 17.3 Å². The van der Waals surface area contributed by atoms with Gasteiger partial charge in [0.25, 0.3) is 0 Å². The molecule has 0 spiro atoms. The molecular weight excluding hydrogens is 532 g/mol. The summed E-state index contributed by atoms with van der Waals surface area (Å²) in [6.45, 7) is 9.72. The molecule has 0 saturated heterocycles. The molecule has 0 radical (unpaired) electrons. The molecule has 4 heteroatoms. The van der Waals surface area contributed by atoms with E-state index in [4.69, 9.17) is 0 Å². The van der Waals surface area contributed by atoms with Gasteiger partial charge in [0.05, 0.1) is 6.42 Å². The van der Waals surface area contributed by atoms with Crippen molar-refractivity contribution in [2.45, 2.75) is 118 Å². The van der Waals surface area contributed by atoms with E-state index in [0.717, 1.165) is 92.0 Å². The van der Waals surface area contributed by atoms with Crippen molar-refractivity contribution in [3.8, 4) is 11.1 Å². The van der Waals surface area contributed by atoms with Crippen LogP contribution >= 0.6 is 0 Å². The zero-order chi connectivity index (χ0) is 31.1. The van der Waals surface area contributed by atoms with Crippen molar-refractivity contribution in [2.24, 2.45) is 29.6 Å². The summed E-state index contributed by atoms with van der Waals surface area (Å²) in [5, 5.41) is 0. The first-order valence-corrected chi connectivity index (χ1v) is 16.9. The van der Waals surface area contributed by atoms with E-state index >= 15 is 0 Å². The van der Waals surface area contributed by atoms with Crippen LogP contribution in [0.2, 0.25) is 0 Å². The van der Waals surface area contributed by atoms with Gasteiger partial charge >= 0.3 is 0 Å². The van der Waals surface area contributed by atoms with Crippen LogP contribution in [0.3, 0.4) is 0 Å². The summed E-state index contributed by atoms with van der Waals surface area (Å²) >= 11 is 0.